The number of nitrogens with zero attached hydrogens (tertiary/aromatic N) is 2. The molecule has 0 aliphatic carbocycles. The topological polar surface area (TPSA) is 71.9 Å². The zero-order valence-corrected chi connectivity index (χ0v) is 8.43. The molecule has 0 spiro atoms. The number of rotatable bonds is 2. The molecule has 1 heterocycles. The number of anilines is 1. The van der Waals surface area contributed by atoms with Crippen molar-refractivity contribution >= 4 is 17.3 Å². The fourth-order valence-corrected chi connectivity index (χ4v) is 1.18. The van der Waals surface area contributed by atoms with E-state index in [0.717, 1.165) is 6.20 Å². The number of hydrogen-bond donors (Lipinski definition) is 1. The van der Waals surface area contributed by atoms with Crippen LogP contribution in [-0.2, 0) is 5.88 Å². The van der Waals surface area contributed by atoms with Gasteiger partial charge in [-0.25, -0.2) is 0 Å². The number of nitriles is 1. The molecule has 1 aromatic heterocycles. The SMILES string of the molecule is N#Cc1c(CCl)ncc(OC(F)(F)F)c1N. The lowest BCUT2D eigenvalue weighted by Crippen LogP contribution is -2.18. The predicted octanol–water partition coefficient (Wildman–Crippen LogP) is 2.17. The van der Waals surface area contributed by atoms with Crippen LogP contribution in [0.5, 0.6) is 5.75 Å². The van der Waals surface area contributed by atoms with Crippen molar-refractivity contribution in [3.05, 3.63) is 17.5 Å². The number of nitrogen functional groups attached to an aromatic ring is 1. The molecule has 0 radical (unpaired) electrons. The largest absolute Gasteiger partial charge is 0.573 e. The Morgan fingerprint density at radius 1 is 1.56 bits per heavy atom. The van der Waals surface area contributed by atoms with Crippen LogP contribution < -0.4 is 10.5 Å². The molecule has 0 saturated heterocycles. The van der Waals surface area contributed by atoms with Gasteiger partial charge in [0.2, 0.25) is 0 Å². The molecule has 86 valence electrons. The van der Waals surface area contributed by atoms with Crippen molar-refractivity contribution in [3.8, 4) is 11.8 Å². The highest BCUT2D eigenvalue weighted by atomic mass is 35.5. The molecule has 0 aromatic carbocycles. The van der Waals surface area contributed by atoms with E-state index in [-0.39, 0.29) is 17.1 Å². The highest BCUT2D eigenvalue weighted by molar-refractivity contribution is 6.17. The van der Waals surface area contributed by atoms with Gasteiger partial charge >= 0.3 is 6.36 Å². The highest BCUT2D eigenvalue weighted by Gasteiger charge is 2.32. The molecule has 0 unspecified atom stereocenters. The fourth-order valence-electron chi connectivity index (χ4n) is 0.981. The van der Waals surface area contributed by atoms with Crippen molar-refractivity contribution < 1.29 is 17.9 Å². The van der Waals surface area contributed by atoms with Crippen molar-refractivity contribution in [2.24, 2.45) is 0 Å². The summed E-state index contributed by atoms with van der Waals surface area (Å²) in [6.45, 7) is 0. The number of nitrogens with two attached hydrogens (primary N) is 1. The fraction of sp³-hybridized carbons (Fsp3) is 0.250. The molecular formula is C8H5ClF3N3O. The molecule has 0 atom stereocenters. The van der Waals surface area contributed by atoms with Crippen LogP contribution in [0.4, 0.5) is 18.9 Å². The van der Waals surface area contributed by atoms with Crippen molar-refractivity contribution in [1.29, 1.82) is 5.26 Å². The Kier molecular flexibility index (Phi) is 3.44. The second-order valence-electron chi connectivity index (χ2n) is 2.65. The first-order valence-electron chi connectivity index (χ1n) is 3.88. The van der Waals surface area contributed by atoms with E-state index in [2.05, 4.69) is 9.72 Å². The molecule has 0 fully saturated rings. The average Bonchev–Trinajstić information content (AvgIpc) is 2.19. The van der Waals surface area contributed by atoms with Crippen LogP contribution in [0.25, 0.3) is 0 Å². The van der Waals surface area contributed by atoms with Gasteiger partial charge < -0.3 is 10.5 Å². The Labute approximate surface area is 93.4 Å². The summed E-state index contributed by atoms with van der Waals surface area (Å²) in [5, 5.41) is 8.69. The smallest absolute Gasteiger partial charge is 0.402 e. The summed E-state index contributed by atoms with van der Waals surface area (Å²) in [7, 11) is 0. The highest BCUT2D eigenvalue weighted by Crippen LogP contribution is 2.31. The zero-order chi connectivity index (χ0) is 12.3. The third-order valence-corrected chi connectivity index (χ3v) is 1.88. The third-order valence-electron chi connectivity index (χ3n) is 1.63. The minimum absolute atomic E-state index is 0.108. The van der Waals surface area contributed by atoms with Crippen LogP contribution >= 0.6 is 11.6 Å². The van der Waals surface area contributed by atoms with E-state index in [4.69, 9.17) is 22.6 Å². The summed E-state index contributed by atoms with van der Waals surface area (Å²) < 4.78 is 39.4. The van der Waals surface area contributed by atoms with Gasteiger partial charge in [0.15, 0.2) is 5.75 Å². The number of aromatic nitrogens is 1. The molecule has 1 aromatic rings. The first kappa shape index (κ1) is 12.4. The number of halogens is 4. The summed E-state index contributed by atoms with van der Waals surface area (Å²) in [5.41, 5.74) is 4.80. The first-order valence-corrected chi connectivity index (χ1v) is 4.41. The molecule has 2 N–H and O–H groups in total. The van der Waals surface area contributed by atoms with Crippen molar-refractivity contribution in [2.45, 2.75) is 12.2 Å². The number of alkyl halides is 4. The van der Waals surface area contributed by atoms with Crippen LogP contribution in [0.15, 0.2) is 6.20 Å². The normalized spacial score (nSPS) is 10.9. The Bertz CT molecular complexity index is 441. The van der Waals surface area contributed by atoms with Crippen LogP contribution in [0.2, 0.25) is 0 Å². The van der Waals surface area contributed by atoms with Crippen LogP contribution in [0.3, 0.4) is 0 Å². The minimum Gasteiger partial charge on any atom is -0.402 e. The molecule has 0 aliphatic rings. The van der Waals surface area contributed by atoms with Gasteiger partial charge in [0.25, 0.3) is 0 Å². The second kappa shape index (κ2) is 4.45. The summed E-state index contributed by atoms with van der Waals surface area (Å²) in [5.74, 6) is -0.836. The van der Waals surface area contributed by atoms with Crippen molar-refractivity contribution in [2.75, 3.05) is 5.73 Å². The molecule has 0 saturated carbocycles. The second-order valence-corrected chi connectivity index (χ2v) is 2.92. The molecule has 8 heteroatoms. The molecule has 16 heavy (non-hydrogen) atoms. The van der Waals surface area contributed by atoms with Crippen LogP contribution in [-0.4, -0.2) is 11.3 Å². The minimum atomic E-state index is -4.88. The number of ether oxygens (including phenoxy) is 1. The summed E-state index contributed by atoms with van der Waals surface area (Å²) >= 11 is 5.44. The summed E-state index contributed by atoms with van der Waals surface area (Å²) in [4.78, 5) is 3.55. The maximum Gasteiger partial charge on any atom is 0.573 e. The van der Waals surface area contributed by atoms with Gasteiger partial charge in [-0.1, -0.05) is 0 Å². The van der Waals surface area contributed by atoms with Gasteiger partial charge in [-0.2, -0.15) is 5.26 Å². The number of hydrogen-bond acceptors (Lipinski definition) is 4. The maximum atomic E-state index is 11.9. The third kappa shape index (κ3) is 2.67. The molecule has 1 rings (SSSR count). The van der Waals surface area contributed by atoms with E-state index < -0.39 is 17.8 Å². The van der Waals surface area contributed by atoms with E-state index in [9.17, 15) is 13.2 Å². The van der Waals surface area contributed by atoms with E-state index in [1.54, 1.807) is 6.07 Å². The van der Waals surface area contributed by atoms with Crippen LogP contribution in [0, 0.1) is 11.3 Å². The molecular weight excluding hydrogens is 247 g/mol. The predicted molar refractivity (Wildman–Crippen MR) is 49.6 cm³/mol. The first-order chi connectivity index (χ1) is 7.39. The Morgan fingerprint density at radius 3 is 2.62 bits per heavy atom. The average molecular weight is 252 g/mol. The Hall–Kier alpha value is -1.68. The Balaban J connectivity index is 3.21. The van der Waals surface area contributed by atoms with Crippen molar-refractivity contribution in [1.82, 2.24) is 4.98 Å². The quantitative estimate of drug-likeness (QED) is 0.818. The van der Waals surface area contributed by atoms with Crippen molar-refractivity contribution in [3.63, 3.8) is 0 Å². The van der Waals surface area contributed by atoms with Gasteiger partial charge in [0.1, 0.15) is 11.6 Å². The van der Waals surface area contributed by atoms with Gasteiger partial charge in [-0.05, 0) is 0 Å². The number of pyridine rings is 1. The van der Waals surface area contributed by atoms with Gasteiger partial charge in [0.05, 0.1) is 23.5 Å². The summed E-state index contributed by atoms with van der Waals surface area (Å²) in [6, 6.07) is 1.62. The van der Waals surface area contributed by atoms with Gasteiger partial charge in [-0.15, -0.1) is 24.8 Å². The summed E-state index contributed by atoms with van der Waals surface area (Å²) in [6.07, 6.45) is -4.10. The lowest BCUT2D eigenvalue weighted by molar-refractivity contribution is -0.274. The lowest BCUT2D eigenvalue weighted by atomic mass is 10.2. The monoisotopic (exact) mass is 251 g/mol. The van der Waals surface area contributed by atoms with E-state index in [1.807, 2.05) is 0 Å². The molecule has 0 bridgehead atoms. The maximum absolute atomic E-state index is 11.9. The van der Waals surface area contributed by atoms with Crippen LogP contribution in [0.1, 0.15) is 11.3 Å². The zero-order valence-electron chi connectivity index (χ0n) is 7.68. The van der Waals surface area contributed by atoms with E-state index >= 15 is 0 Å². The van der Waals surface area contributed by atoms with E-state index in [1.165, 1.54) is 0 Å². The lowest BCUT2D eigenvalue weighted by Gasteiger charge is -2.12. The Morgan fingerprint density at radius 2 is 2.19 bits per heavy atom. The standard InChI is InChI=1S/C8H5ClF3N3O/c9-1-5-4(2-13)7(14)6(3-15-5)16-8(10,11)12/h3H,1H2,(H2,14,15). The molecule has 0 amide bonds. The molecule has 4 nitrogen and oxygen atoms in total. The van der Waals surface area contributed by atoms with E-state index in [0.29, 0.717) is 0 Å². The van der Waals surface area contributed by atoms with Gasteiger partial charge in [-0.3, -0.25) is 4.98 Å². The van der Waals surface area contributed by atoms with Gasteiger partial charge in [0, 0.05) is 0 Å². The molecule has 0 aliphatic heterocycles.